The first-order valence-electron chi connectivity index (χ1n) is 20.5. The molecular formula is C42H60N8O11S2. The molecule has 3 rings (SSSR count). The molecule has 2 aromatic rings. The first-order chi connectivity index (χ1) is 29.9. The zero-order valence-corrected chi connectivity index (χ0v) is 37.6. The van der Waals surface area contributed by atoms with Gasteiger partial charge in [0, 0.05) is 12.2 Å². The number of amides is 7. The van der Waals surface area contributed by atoms with Crippen LogP contribution in [0.1, 0.15) is 51.7 Å². The maximum Gasteiger partial charge on any atom is 0.245 e. The van der Waals surface area contributed by atoms with Gasteiger partial charge in [-0.25, -0.2) is 0 Å². The van der Waals surface area contributed by atoms with Crippen molar-refractivity contribution in [3.05, 3.63) is 65.7 Å². The highest BCUT2D eigenvalue weighted by molar-refractivity contribution is 8.13. The van der Waals surface area contributed by atoms with Gasteiger partial charge < -0.3 is 58.3 Å². The predicted octanol–water partition coefficient (Wildman–Crippen LogP) is -1.64. The molecule has 7 amide bonds. The van der Waals surface area contributed by atoms with Crippen molar-refractivity contribution in [2.75, 3.05) is 24.4 Å². The number of nitrogens with two attached hydrogens (primary N) is 1. The van der Waals surface area contributed by atoms with Crippen LogP contribution in [0.2, 0.25) is 0 Å². The SMILES string of the molecule is CC[C@H](C)[C@H]1NC(=O)[C@@H](Cc2ccccc2)NC(=O)[C@@H](C)NC(=O)[C@H](NC(=O)[C@H](NC(=O)[C@@H](CO)NC(=O)[C@H](N)Cc2ccc(O)cc2)[C@@H](C)O)CSC(=O)[C@@H](CCSC)NC1=O. The van der Waals surface area contributed by atoms with Crippen molar-refractivity contribution in [1.29, 1.82) is 0 Å². The van der Waals surface area contributed by atoms with Crippen LogP contribution in [-0.4, -0.2) is 141 Å². The summed E-state index contributed by atoms with van der Waals surface area (Å²) in [6, 6.07) is 3.91. The number of phenols is 1. The summed E-state index contributed by atoms with van der Waals surface area (Å²) >= 11 is 2.04. The number of nitrogens with one attached hydrogen (secondary N) is 7. The molecule has 0 unspecified atom stereocenters. The van der Waals surface area contributed by atoms with Crippen molar-refractivity contribution < 1.29 is 53.7 Å². The topological polar surface area (TPSA) is 307 Å². The second-order valence-electron chi connectivity index (χ2n) is 15.3. The molecule has 0 aromatic heterocycles. The van der Waals surface area contributed by atoms with Crippen LogP contribution in [0.4, 0.5) is 0 Å². The molecule has 63 heavy (non-hydrogen) atoms. The van der Waals surface area contributed by atoms with Gasteiger partial charge in [0.2, 0.25) is 46.5 Å². The number of aliphatic hydroxyl groups is 2. The smallest absolute Gasteiger partial charge is 0.245 e. The van der Waals surface area contributed by atoms with Gasteiger partial charge in [-0.3, -0.25) is 38.4 Å². The Hall–Kier alpha value is -5.22. The van der Waals surface area contributed by atoms with Crippen molar-refractivity contribution in [3.63, 3.8) is 0 Å². The Kier molecular flexibility index (Phi) is 21.3. The Morgan fingerprint density at radius 1 is 0.841 bits per heavy atom. The van der Waals surface area contributed by atoms with Crippen molar-refractivity contribution in [1.82, 2.24) is 37.2 Å². The molecule has 19 nitrogen and oxygen atoms in total. The van der Waals surface area contributed by atoms with Crippen molar-refractivity contribution in [2.45, 2.75) is 108 Å². The number of rotatable bonds is 17. The van der Waals surface area contributed by atoms with Gasteiger partial charge in [-0.2, -0.15) is 11.8 Å². The van der Waals surface area contributed by atoms with Gasteiger partial charge in [0.15, 0.2) is 0 Å². The van der Waals surface area contributed by atoms with E-state index in [-0.39, 0.29) is 30.9 Å². The molecule has 21 heteroatoms. The Labute approximate surface area is 375 Å². The molecule has 1 heterocycles. The molecule has 1 saturated heterocycles. The zero-order chi connectivity index (χ0) is 46.8. The summed E-state index contributed by atoms with van der Waals surface area (Å²) in [5, 5.41) is 47.3. The average molecular weight is 917 g/mol. The lowest BCUT2D eigenvalue weighted by Gasteiger charge is -2.30. The van der Waals surface area contributed by atoms with Crippen LogP contribution in [0.3, 0.4) is 0 Å². The molecule has 0 radical (unpaired) electrons. The summed E-state index contributed by atoms with van der Waals surface area (Å²) < 4.78 is 0. The molecule has 12 N–H and O–H groups in total. The van der Waals surface area contributed by atoms with Crippen molar-refractivity contribution >= 4 is 70.0 Å². The highest BCUT2D eigenvalue weighted by Gasteiger charge is 2.37. The lowest BCUT2D eigenvalue weighted by Crippen LogP contribution is -2.62. The van der Waals surface area contributed by atoms with Gasteiger partial charge in [-0.1, -0.05) is 74.5 Å². The van der Waals surface area contributed by atoms with E-state index in [9.17, 15) is 53.7 Å². The summed E-state index contributed by atoms with van der Waals surface area (Å²) in [7, 11) is 0. The fourth-order valence-electron chi connectivity index (χ4n) is 6.26. The van der Waals surface area contributed by atoms with Gasteiger partial charge in [-0.05, 0) is 67.9 Å². The Morgan fingerprint density at radius 2 is 1.49 bits per heavy atom. The van der Waals surface area contributed by atoms with Crippen molar-refractivity contribution in [3.8, 4) is 5.75 Å². The number of hydrogen-bond donors (Lipinski definition) is 11. The average Bonchev–Trinajstić information content (AvgIpc) is 3.25. The normalized spacial score (nSPS) is 22.7. The van der Waals surface area contributed by atoms with Gasteiger partial charge in [-0.15, -0.1) is 0 Å². The molecular weight excluding hydrogens is 857 g/mol. The lowest BCUT2D eigenvalue weighted by atomic mass is 9.96. The minimum absolute atomic E-state index is 0.00756. The van der Waals surface area contributed by atoms with E-state index >= 15 is 0 Å². The van der Waals surface area contributed by atoms with E-state index in [1.165, 1.54) is 37.7 Å². The fourth-order valence-corrected chi connectivity index (χ4v) is 7.67. The maximum absolute atomic E-state index is 13.9. The number of hydrogen-bond acceptors (Lipinski definition) is 14. The highest BCUT2D eigenvalue weighted by Crippen LogP contribution is 2.17. The minimum Gasteiger partial charge on any atom is -0.508 e. The van der Waals surface area contributed by atoms with E-state index in [4.69, 9.17) is 5.73 Å². The maximum atomic E-state index is 13.9. The summed E-state index contributed by atoms with van der Waals surface area (Å²) in [6.45, 7) is 5.19. The second-order valence-corrected chi connectivity index (χ2v) is 17.3. The van der Waals surface area contributed by atoms with Crippen LogP contribution in [0.5, 0.6) is 5.75 Å². The first kappa shape index (κ1) is 52.1. The van der Waals surface area contributed by atoms with E-state index < -0.39 is 113 Å². The predicted molar refractivity (Wildman–Crippen MR) is 238 cm³/mol. The number of benzene rings is 2. The Balaban J connectivity index is 1.89. The van der Waals surface area contributed by atoms with E-state index in [0.29, 0.717) is 35.1 Å². The molecule has 0 bridgehead atoms. The molecule has 1 aliphatic rings. The quantitative estimate of drug-likeness (QED) is 0.0850. The van der Waals surface area contributed by atoms with E-state index in [1.807, 2.05) is 13.2 Å². The number of thioether (sulfide) groups is 2. The zero-order valence-electron chi connectivity index (χ0n) is 35.9. The van der Waals surface area contributed by atoms with Crippen LogP contribution in [0.25, 0.3) is 0 Å². The number of aliphatic hydroxyl groups excluding tert-OH is 2. The molecule has 0 aliphatic carbocycles. The highest BCUT2D eigenvalue weighted by atomic mass is 32.2. The Bertz CT molecular complexity index is 1890. The standard InChI is InChI=1S/C42H60N8O11S2/c1-6-22(2)33-40(59)45-29(16-17-62-5)42(61)63-21-32(39(58)44-23(3)35(54)46-30(37(56)49-33)19-25-10-8-7-9-11-25)48-41(60)34(24(4)52)50-38(57)31(20-51)47-36(55)28(43)18-26-12-14-27(53)15-13-26/h7-15,22-24,28-34,51-53H,6,16-21,43H2,1-5H3,(H,44,58)(H,45,59)(H,46,54)(H,47,55)(H,48,60)(H,49,56)(H,50,57)/t22-,23+,24+,28+,29+,30+,31+,32+,33+,34+/m0/s1. The molecule has 1 fully saturated rings. The monoisotopic (exact) mass is 916 g/mol. The minimum atomic E-state index is -1.77. The molecule has 0 saturated carbocycles. The third kappa shape index (κ3) is 16.4. The molecule has 2 aromatic carbocycles. The third-order valence-corrected chi connectivity index (χ3v) is 12.0. The van der Waals surface area contributed by atoms with Gasteiger partial charge in [0.1, 0.15) is 42.0 Å². The molecule has 10 atom stereocenters. The van der Waals surface area contributed by atoms with Gasteiger partial charge in [0.05, 0.1) is 24.8 Å². The fraction of sp³-hybridized carbons (Fsp3) is 0.524. The van der Waals surface area contributed by atoms with Crippen LogP contribution in [-0.2, 0) is 51.2 Å². The van der Waals surface area contributed by atoms with Crippen LogP contribution in [0, 0.1) is 5.92 Å². The van der Waals surface area contributed by atoms with Crippen LogP contribution >= 0.6 is 23.5 Å². The summed E-state index contributed by atoms with van der Waals surface area (Å²) in [4.78, 5) is 109. The number of carbonyl (C=O) groups excluding carboxylic acids is 8. The third-order valence-electron chi connectivity index (χ3n) is 10.3. The number of carbonyl (C=O) groups is 8. The second kappa shape index (κ2) is 25.8. The van der Waals surface area contributed by atoms with E-state index in [1.54, 1.807) is 49.4 Å². The van der Waals surface area contributed by atoms with Crippen molar-refractivity contribution in [2.24, 2.45) is 11.7 Å². The largest absolute Gasteiger partial charge is 0.508 e. The first-order valence-corrected chi connectivity index (χ1v) is 22.9. The lowest BCUT2D eigenvalue weighted by molar-refractivity contribution is -0.136. The molecule has 1 aliphatic heterocycles. The number of phenolic OH excluding ortho intramolecular Hbond substituents is 1. The number of aromatic hydroxyl groups is 1. The van der Waals surface area contributed by atoms with Crippen LogP contribution in [0.15, 0.2) is 54.6 Å². The van der Waals surface area contributed by atoms with Gasteiger partial charge >= 0.3 is 0 Å². The summed E-state index contributed by atoms with van der Waals surface area (Å²) in [5.74, 6) is -6.38. The molecule has 0 spiro atoms. The summed E-state index contributed by atoms with van der Waals surface area (Å²) in [6.07, 6.45) is 0.924. The van der Waals surface area contributed by atoms with Gasteiger partial charge in [0.25, 0.3) is 0 Å². The Morgan fingerprint density at radius 3 is 2.10 bits per heavy atom. The van der Waals surface area contributed by atoms with E-state index in [0.717, 1.165) is 0 Å². The summed E-state index contributed by atoms with van der Waals surface area (Å²) in [5.41, 5.74) is 7.31. The van der Waals surface area contributed by atoms with Crippen LogP contribution < -0.4 is 43.0 Å². The molecule has 346 valence electrons. The van der Waals surface area contributed by atoms with E-state index in [2.05, 4.69) is 37.2 Å².